The third-order valence-electron chi connectivity index (χ3n) is 3.54. The van der Waals surface area contributed by atoms with Crippen LogP contribution in [0.1, 0.15) is 6.42 Å². The number of benzene rings is 1. The van der Waals surface area contributed by atoms with Crippen molar-refractivity contribution in [1.82, 2.24) is 4.98 Å². The van der Waals surface area contributed by atoms with E-state index in [2.05, 4.69) is 10.3 Å². The van der Waals surface area contributed by atoms with Crippen LogP contribution < -0.4 is 14.8 Å². The van der Waals surface area contributed by atoms with Gasteiger partial charge in [-0.1, -0.05) is 0 Å². The fourth-order valence-corrected chi connectivity index (χ4v) is 3.61. The van der Waals surface area contributed by atoms with Crippen molar-refractivity contribution in [2.24, 2.45) is 0 Å². The van der Waals surface area contributed by atoms with Crippen molar-refractivity contribution in [3.63, 3.8) is 0 Å². The van der Waals surface area contributed by atoms with Gasteiger partial charge in [-0.05, 0) is 35.8 Å². The van der Waals surface area contributed by atoms with E-state index in [4.69, 9.17) is 9.47 Å². The quantitative estimate of drug-likeness (QED) is 0.937. The number of fused-ring (bicyclic) bond motifs is 1. The highest BCUT2D eigenvalue weighted by atomic mass is 32.2. The van der Waals surface area contributed by atoms with Crippen LogP contribution in [0.5, 0.6) is 11.5 Å². The average molecular weight is 290 g/mol. The summed E-state index contributed by atoms with van der Waals surface area (Å²) >= 11 is 1.99. The Morgan fingerprint density at radius 2 is 2.05 bits per heavy atom. The molecule has 106 valence electrons. The zero-order chi connectivity index (χ0) is 13.9. The molecule has 0 aliphatic carbocycles. The number of hydrogen-bond donors (Lipinski definition) is 1. The Labute approximate surface area is 122 Å². The van der Waals surface area contributed by atoms with Gasteiger partial charge in [-0.2, -0.15) is 11.8 Å². The van der Waals surface area contributed by atoms with Gasteiger partial charge in [-0.3, -0.25) is 0 Å². The number of hydrogen-bond acceptors (Lipinski definition) is 5. The first kappa shape index (κ1) is 13.4. The Hall–Kier alpha value is -1.62. The van der Waals surface area contributed by atoms with Crippen LogP contribution in [-0.2, 0) is 0 Å². The lowest BCUT2D eigenvalue weighted by Gasteiger charge is -2.15. The number of rotatable bonds is 4. The summed E-state index contributed by atoms with van der Waals surface area (Å²) in [5.74, 6) is 4.77. The van der Waals surface area contributed by atoms with Crippen LogP contribution in [0.25, 0.3) is 10.8 Å². The summed E-state index contributed by atoms with van der Waals surface area (Å²) in [6.07, 6.45) is 3.02. The monoisotopic (exact) mass is 290 g/mol. The lowest BCUT2D eigenvalue weighted by molar-refractivity contribution is 0.356. The van der Waals surface area contributed by atoms with Crippen LogP contribution in [0.2, 0.25) is 0 Å². The van der Waals surface area contributed by atoms with Gasteiger partial charge in [0, 0.05) is 23.4 Å². The standard InChI is InChI=1S/C15H18N2O2S/c1-18-13-7-10-3-5-16-15(12(10)8-14(13)19-2)17-11-4-6-20-9-11/h3,5,7-8,11H,4,6,9H2,1-2H3,(H,16,17). The van der Waals surface area contributed by atoms with Crippen LogP contribution in [0.4, 0.5) is 5.82 Å². The smallest absolute Gasteiger partial charge is 0.161 e. The van der Waals surface area contributed by atoms with Gasteiger partial charge in [-0.25, -0.2) is 4.98 Å². The summed E-state index contributed by atoms with van der Waals surface area (Å²) in [6.45, 7) is 0. The molecule has 3 rings (SSSR count). The molecule has 4 nitrogen and oxygen atoms in total. The predicted molar refractivity (Wildman–Crippen MR) is 84.2 cm³/mol. The maximum absolute atomic E-state index is 5.38. The van der Waals surface area contributed by atoms with Crippen LogP contribution in [0.3, 0.4) is 0 Å². The Morgan fingerprint density at radius 3 is 2.75 bits per heavy atom. The molecule has 1 atom stereocenters. The zero-order valence-corrected chi connectivity index (χ0v) is 12.5. The molecule has 1 N–H and O–H groups in total. The van der Waals surface area contributed by atoms with E-state index >= 15 is 0 Å². The largest absolute Gasteiger partial charge is 0.493 e. The zero-order valence-electron chi connectivity index (χ0n) is 11.7. The van der Waals surface area contributed by atoms with Gasteiger partial charge < -0.3 is 14.8 Å². The topological polar surface area (TPSA) is 43.4 Å². The van der Waals surface area contributed by atoms with E-state index in [0.717, 1.165) is 33.8 Å². The van der Waals surface area contributed by atoms with E-state index in [9.17, 15) is 0 Å². The van der Waals surface area contributed by atoms with Crippen LogP contribution in [0.15, 0.2) is 24.4 Å². The molecule has 5 heteroatoms. The predicted octanol–water partition coefficient (Wildman–Crippen LogP) is 3.17. The van der Waals surface area contributed by atoms with E-state index in [0.29, 0.717) is 6.04 Å². The molecule has 1 unspecified atom stereocenters. The van der Waals surface area contributed by atoms with Crippen LogP contribution in [-0.4, -0.2) is 36.8 Å². The van der Waals surface area contributed by atoms with Crippen LogP contribution >= 0.6 is 11.8 Å². The van der Waals surface area contributed by atoms with Gasteiger partial charge in [0.05, 0.1) is 14.2 Å². The minimum absolute atomic E-state index is 0.506. The van der Waals surface area contributed by atoms with Crippen molar-refractivity contribution < 1.29 is 9.47 Å². The van der Waals surface area contributed by atoms with Crippen molar-refractivity contribution in [3.8, 4) is 11.5 Å². The second-order valence-electron chi connectivity index (χ2n) is 4.79. The van der Waals surface area contributed by atoms with Crippen molar-refractivity contribution in [1.29, 1.82) is 0 Å². The number of thioether (sulfide) groups is 1. The molecular weight excluding hydrogens is 272 g/mol. The number of methoxy groups -OCH3 is 2. The van der Waals surface area contributed by atoms with Gasteiger partial charge in [0.1, 0.15) is 5.82 Å². The molecule has 0 saturated carbocycles. The summed E-state index contributed by atoms with van der Waals surface area (Å²) in [7, 11) is 3.31. The summed E-state index contributed by atoms with van der Waals surface area (Å²) < 4.78 is 10.7. The van der Waals surface area contributed by atoms with E-state index in [1.807, 2.05) is 36.2 Å². The Bertz CT molecular complexity index is 612. The molecule has 1 aliphatic rings. The molecule has 1 aromatic carbocycles. The SMILES string of the molecule is COc1cc2ccnc(NC3CCSC3)c2cc1OC. The van der Waals surface area contributed by atoms with E-state index < -0.39 is 0 Å². The van der Waals surface area contributed by atoms with Gasteiger partial charge in [0.15, 0.2) is 11.5 Å². The lowest BCUT2D eigenvalue weighted by Crippen LogP contribution is -2.19. The van der Waals surface area contributed by atoms with E-state index in [-0.39, 0.29) is 0 Å². The van der Waals surface area contributed by atoms with Crippen molar-refractivity contribution >= 4 is 28.4 Å². The first-order valence-corrected chi connectivity index (χ1v) is 7.82. The van der Waals surface area contributed by atoms with Gasteiger partial charge in [-0.15, -0.1) is 0 Å². The normalized spacial score (nSPS) is 18.2. The number of aromatic nitrogens is 1. The van der Waals surface area contributed by atoms with Crippen molar-refractivity contribution in [3.05, 3.63) is 24.4 Å². The second kappa shape index (κ2) is 5.79. The molecular formula is C15H18N2O2S. The Kier molecular flexibility index (Phi) is 3.87. The molecule has 1 aromatic heterocycles. The minimum atomic E-state index is 0.506. The van der Waals surface area contributed by atoms with Gasteiger partial charge >= 0.3 is 0 Å². The average Bonchev–Trinajstić information content (AvgIpc) is 2.99. The summed E-state index contributed by atoms with van der Waals surface area (Å²) in [5, 5.41) is 5.72. The second-order valence-corrected chi connectivity index (χ2v) is 5.94. The number of nitrogens with one attached hydrogen (secondary N) is 1. The Balaban J connectivity index is 2.03. The third kappa shape index (κ3) is 2.50. The maximum Gasteiger partial charge on any atom is 0.161 e. The van der Waals surface area contributed by atoms with Gasteiger partial charge in [0.25, 0.3) is 0 Å². The minimum Gasteiger partial charge on any atom is -0.493 e. The molecule has 1 fully saturated rings. The van der Waals surface area contributed by atoms with Crippen LogP contribution in [0, 0.1) is 0 Å². The molecule has 1 saturated heterocycles. The van der Waals surface area contributed by atoms with E-state index in [1.54, 1.807) is 14.2 Å². The molecule has 0 radical (unpaired) electrons. The lowest BCUT2D eigenvalue weighted by atomic mass is 10.1. The van der Waals surface area contributed by atoms with E-state index in [1.165, 1.54) is 12.2 Å². The molecule has 2 heterocycles. The summed E-state index contributed by atoms with van der Waals surface area (Å²) in [4.78, 5) is 4.48. The molecule has 20 heavy (non-hydrogen) atoms. The number of anilines is 1. The van der Waals surface area contributed by atoms with Crippen molar-refractivity contribution in [2.75, 3.05) is 31.0 Å². The summed E-state index contributed by atoms with van der Waals surface area (Å²) in [6, 6.07) is 6.48. The number of pyridine rings is 1. The molecule has 0 bridgehead atoms. The highest BCUT2D eigenvalue weighted by Gasteiger charge is 2.17. The fourth-order valence-electron chi connectivity index (χ4n) is 2.46. The fraction of sp³-hybridized carbons (Fsp3) is 0.400. The molecule has 1 aliphatic heterocycles. The summed E-state index contributed by atoms with van der Waals surface area (Å²) in [5.41, 5.74) is 0. The van der Waals surface area contributed by atoms with Gasteiger partial charge in [0.2, 0.25) is 0 Å². The van der Waals surface area contributed by atoms with Crippen molar-refractivity contribution in [2.45, 2.75) is 12.5 Å². The first-order chi connectivity index (χ1) is 9.81. The Morgan fingerprint density at radius 1 is 1.25 bits per heavy atom. The molecule has 2 aromatic rings. The molecule has 0 amide bonds. The molecule has 0 spiro atoms. The highest BCUT2D eigenvalue weighted by molar-refractivity contribution is 7.99. The first-order valence-electron chi connectivity index (χ1n) is 6.67. The third-order valence-corrected chi connectivity index (χ3v) is 4.70. The number of ether oxygens (including phenoxy) is 2. The highest BCUT2D eigenvalue weighted by Crippen LogP contribution is 2.35. The maximum atomic E-state index is 5.38. The number of nitrogens with zero attached hydrogens (tertiary/aromatic N) is 1.